The molecule has 0 saturated heterocycles. The Kier molecular flexibility index (Phi) is 3.46. The highest BCUT2D eigenvalue weighted by atomic mass is 79.9. The zero-order chi connectivity index (χ0) is 15.0. The van der Waals surface area contributed by atoms with Crippen molar-refractivity contribution in [2.75, 3.05) is 4.72 Å². The summed E-state index contributed by atoms with van der Waals surface area (Å²) in [5, 5.41) is 7.57. The molecular formula is C14H12BrN3O2S. The normalized spacial score (nSPS) is 11.7. The number of hydrogen-bond donors (Lipinski definition) is 2. The molecule has 108 valence electrons. The molecule has 0 aliphatic carbocycles. The minimum absolute atomic E-state index is 0.226. The monoisotopic (exact) mass is 365 g/mol. The van der Waals surface area contributed by atoms with E-state index in [1.54, 1.807) is 42.6 Å². The average Bonchev–Trinajstić information content (AvgIpc) is 2.93. The Morgan fingerprint density at radius 3 is 2.57 bits per heavy atom. The summed E-state index contributed by atoms with van der Waals surface area (Å²) >= 11 is 3.41. The zero-order valence-electron chi connectivity index (χ0n) is 11.1. The van der Waals surface area contributed by atoms with E-state index in [0.717, 1.165) is 15.4 Å². The van der Waals surface area contributed by atoms with Crippen LogP contribution in [-0.4, -0.2) is 18.6 Å². The second-order valence-electron chi connectivity index (χ2n) is 4.67. The molecule has 7 heteroatoms. The number of halogens is 1. The van der Waals surface area contributed by atoms with Gasteiger partial charge in [-0.1, -0.05) is 33.6 Å². The number of benzene rings is 2. The smallest absolute Gasteiger partial charge is 0.261 e. The number of nitrogens with one attached hydrogen (secondary N) is 2. The van der Waals surface area contributed by atoms with Gasteiger partial charge in [-0.2, -0.15) is 5.10 Å². The van der Waals surface area contributed by atoms with Gasteiger partial charge < -0.3 is 0 Å². The summed E-state index contributed by atoms with van der Waals surface area (Å²) in [4.78, 5) is 0.226. The molecule has 1 heterocycles. The molecule has 0 radical (unpaired) electrons. The summed E-state index contributed by atoms with van der Waals surface area (Å²) in [5.41, 5.74) is 2.11. The van der Waals surface area contributed by atoms with Crippen molar-refractivity contribution in [2.45, 2.75) is 11.8 Å². The quantitative estimate of drug-likeness (QED) is 0.746. The molecule has 2 N–H and O–H groups in total. The summed E-state index contributed by atoms with van der Waals surface area (Å²) in [6, 6.07) is 10.2. The lowest BCUT2D eigenvalue weighted by atomic mass is 10.2. The van der Waals surface area contributed by atoms with Crippen LogP contribution in [0.25, 0.3) is 10.9 Å². The van der Waals surface area contributed by atoms with Crippen molar-refractivity contribution in [2.24, 2.45) is 0 Å². The van der Waals surface area contributed by atoms with Gasteiger partial charge in [0.25, 0.3) is 10.0 Å². The van der Waals surface area contributed by atoms with Gasteiger partial charge in [0, 0.05) is 9.86 Å². The second-order valence-corrected chi connectivity index (χ2v) is 7.21. The molecule has 2 aromatic carbocycles. The van der Waals surface area contributed by atoms with E-state index in [1.165, 1.54) is 0 Å². The maximum Gasteiger partial charge on any atom is 0.261 e. The number of H-pyrrole nitrogens is 1. The predicted octanol–water partition coefficient (Wildman–Crippen LogP) is 3.43. The van der Waals surface area contributed by atoms with Crippen molar-refractivity contribution < 1.29 is 8.42 Å². The molecule has 0 spiro atoms. The summed E-state index contributed by atoms with van der Waals surface area (Å²) in [6.45, 7) is 1.91. The number of nitrogens with zero attached hydrogens (tertiary/aromatic N) is 1. The van der Waals surface area contributed by atoms with Gasteiger partial charge in [0.2, 0.25) is 0 Å². The third-order valence-electron chi connectivity index (χ3n) is 3.14. The lowest BCUT2D eigenvalue weighted by molar-refractivity contribution is 0.601. The van der Waals surface area contributed by atoms with Crippen LogP contribution in [0.15, 0.2) is 52.0 Å². The number of aromatic nitrogens is 2. The van der Waals surface area contributed by atoms with Gasteiger partial charge in [0.1, 0.15) is 0 Å². The Balaban J connectivity index is 2.03. The van der Waals surface area contributed by atoms with Crippen LogP contribution in [-0.2, 0) is 10.0 Å². The van der Waals surface area contributed by atoms with Gasteiger partial charge in [0.05, 0.1) is 22.3 Å². The largest absolute Gasteiger partial charge is 0.277 e. The van der Waals surface area contributed by atoms with Crippen molar-refractivity contribution in [1.29, 1.82) is 0 Å². The standard InChI is InChI=1S/C14H12BrN3O2S/c1-9-2-4-10(5-3-9)21(19,20)18-13-7-6-12(15)11-8-16-17-14(11)13/h2-8,18H,1H3,(H,16,17). The molecule has 5 nitrogen and oxygen atoms in total. The molecule has 3 aromatic rings. The third kappa shape index (κ3) is 2.66. The van der Waals surface area contributed by atoms with Crippen LogP contribution in [0.3, 0.4) is 0 Å². The molecule has 0 aliphatic rings. The van der Waals surface area contributed by atoms with E-state index in [2.05, 4.69) is 30.8 Å². The first-order valence-electron chi connectivity index (χ1n) is 6.18. The first kappa shape index (κ1) is 14.1. The first-order chi connectivity index (χ1) is 9.97. The van der Waals surface area contributed by atoms with Crippen LogP contribution in [0.5, 0.6) is 0 Å². The molecule has 1 aromatic heterocycles. The van der Waals surface area contributed by atoms with Crippen LogP contribution in [0.2, 0.25) is 0 Å². The average molecular weight is 366 g/mol. The van der Waals surface area contributed by atoms with Crippen LogP contribution in [0, 0.1) is 6.92 Å². The van der Waals surface area contributed by atoms with E-state index < -0.39 is 10.0 Å². The second kappa shape index (κ2) is 5.16. The minimum atomic E-state index is -3.63. The number of aryl methyl sites for hydroxylation is 1. The lowest BCUT2D eigenvalue weighted by Gasteiger charge is -2.09. The molecule has 0 atom stereocenters. The molecule has 0 unspecified atom stereocenters. The zero-order valence-corrected chi connectivity index (χ0v) is 13.5. The highest BCUT2D eigenvalue weighted by Gasteiger charge is 2.16. The van der Waals surface area contributed by atoms with E-state index in [9.17, 15) is 8.42 Å². The van der Waals surface area contributed by atoms with E-state index in [0.29, 0.717) is 11.2 Å². The first-order valence-corrected chi connectivity index (χ1v) is 8.46. The topological polar surface area (TPSA) is 74.8 Å². The summed E-state index contributed by atoms with van der Waals surface area (Å²) in [5.74, 6) is 0. The van der Waals surface area contributed by atoms with E-state index in [1.807, 2.05) is 6.92 Å². The van der Waals surface area contributed by atoms with Crippen LogP contribution in [0.4, 0.5) is 5.69 Å². The fourth-order valence-electron chi connectivity index (χ4n) is 2.01. The fraction of sp³-hybridized carbons (Fsp3) is 0.0714. The number of aromatic amines is 1. The SMILES string of the molecule is Cc1ccc(S(=O)(=O)Nc2ccc(Br)c3cn[nH]c23)cc1. The molecule has 0 amide bonds. The van der Waals surface area contributed by atoms with Crippen molar-refractivity contribution >= 4 is 42.5 Å². The van der Waals surface area contributed by atoms with Gasteiger partial charge in [-0.05, 0) is 31.2 Å². The molecular weight excluding hydrogens is 354 g/mol. The number of rotatable bonds is 3. The van der Waals surface area contributed by atoms with Gasteiger partial charge in [-0.15, -0.1) is 0 Å². The molecule has 21 heavy (non-hydrogen) atoms. The highest BCUT2D eigenvalue weighted by Crippen LogP contribution is 2.29. The van der Waals surface area contributed by atoms with Crippen molar-refractivity contribution in [3.63, 3.8) is 0 Å². The van der Waals surface area contributed by atoms with Gasteiger partial charge >= 0.3 is 0 Å². The Bertz CT molecular complexity index is 902. The van der Waals surface area contributed by atoms with E-state index in [-0.39, 0.29) is 4.90 Å². The number of fused-ring (bicyclic) bond motifs is 1. The van der Waals surface area contributed by atoms with Crippen molar-refractivity contribution in [1.82, 2.24) is 10.2 Å². The Labute approximate surface area is 130 Å². The van der Waals surface area contributed by atoms with Gasteiger partial charge in [-0.25, -0.2) is 8.42 Å². The van der Waals surface area contributed by atoms with E-state index in [4.69, 9.17) is 0 Å². The maximum atomic E-state index is 12.4. The molecule has 0 fully saturated rings. The Morgan fingerprint density at radius 1 is 1.14 bits per heavy atom. The van der Waals surface area contributed by atoms with Crippen molar-refractivity contribution in [3.05, 3.63) is 52.6 Å². The summed E-state index contributed by atoms with van der Waals surface area (Å²) in [7, 11) is -3.63. The van der Waals surface area contributed by atoms with Crippen LogP contribution >= 0.6 is 15.9 Å². The number of sulfonamides is 1. The molecule has 0 bridgehead atoms. The number of hydrogen-bond acceptors (Lipinski definition) is 3. The van der Waals surface area contributed by atoms with E-state index >= 15 is 0 Å². The molecule has 0 saturated carbocycles. The van der Waals surface area contributed by atoms with Crippen molar-refractivity contribution in [3.8, 4) is 0 Å². The van der Waals surface area contributed by atoms with Crippen LogP contribution < -0.4 is 4.72 Å². The summed E-state index contributed by atoms with van der Waals surface area (Å²) < 4.78 is 28.3. The molecule has 0 aliphatic heterocycles. The van der Waals surface area contributed by atoms with Gasteiger partial charge in [0.15, 0.2) is 0 Å². The fourth-order valence-corrected chi connectivity index (χ4v) is 3.51. The van der Waals surface area contributed by atoms with Gasteiger partial charge in [-0.3, -0.25) is 9.82 Å². The predicted molar refractivity (Wildman–Crippen MR) is 85.8 cm³/mol. The number of anilines is 1. The molecule has 3 rings (SSSR count). The summed E-state index contributed by atoms with van der Waals surface area (Å²) in [6.07, 6.45) is 1.64. The third-order valence-corrected chi connectivity index (χ3v) is 5.21. The highest BCUT2D eigenvalue weighted by molar-refractivity contribution is 9.10. The Hall–Kier alpha value is -1.86. The maximum absolute atomic E-state index is 12.4. The lowest BCUT2D eigenvalue weighted by Crippen LogP contribution is -2.13. The minimum Gasteiger partial charge on any atom is -0.277 e. The Morgan fingerprint density at radius 2 is 1.86 bits per heavy atom. The van der Waals surface area contributed by atoms with Crippen LogP contribution in [0.1, 0.15) is 5.56 Å².